The molecule has 0 spiro atoms. The summed E-state index contributed by atoms with van der Waals surface area (Å²) < 4.78 is 0. The van der Waals surface area contributed by atoms with Gasteiger partial charge in [-0.2, -0.15) is 5.26 Å². The maximum atomic E-state index is 8.89. The first-order valence-corrected chi connectivity index (χ1v) is 11.0. The first-order valence-electron chi connectivity index (χ1n) is 11.0. The summed E-state index contributed by atoms with van der Waals surface area (Å²) in [6, 6.07) is 13.8. The second-order valence-corrected chi connectivity index (χ2v) is 7.99. The minimum Gasteiger partial charge on any atom is -0.368 e. The molecule has 6 heteroatoms. The molecule has 32 heavy (non-hydrogen) atoms. The van der Waals surface area contributed by atoms with Crippen LogP contribution in [-0.4, -0.2) is 28.0 Å². The van der Waals surface area contributed by atoms with E-state index < -0.39 is 0 Å². The molecule has 0 saturated heterocycles. The molecule has 0 radical (unpaired) electrons. The Morgan fingerprint density at radius 1 is 1.00 bits per heavy atom. The monoisotopic (exact) mass is 420 g/mol. The highest BCUT2D eigenvalue weighted by molar-refractivity contribution is 5.91. The number of hydrogen-bond donors (Lipinski definition) is 2. The third-order valence-corrected chi connectivity index (χ3v) is 5.90. The van der Waals surface area contributed by atoms with Crippen LogP contribution in [0.5, 0.6) is 0 Å². The number of nitrogens with one attached hydrogen (secondary N) is 2. The van der Waals surface area contributed by atoms with Crippen molar-refractivity contribution in [2.24, 2.45) is 5.92 Å². The molecule has 0 bridgehead atoms. The van der Waals surface area contributed by atoms with Crippen LogP contribution in [0.3, 0.4) is 0 Å². The third-order valence-electron chi connectivity index (χ3n) is 5.90. The molecular formula is C26H24N6. The highest BCUT2D eigenvalue weighted by atomic mass is 15.1. The number of hydrogen-bond acceptors (Lipinski definition) is 6. The van der Waals surface area contributed by atoms with Gasteiger partial charge in [-0.15, -0.1) is 0 Å². The van der Waals surface area contributed by atoms with Crippen molar-refractivity contribution >= 4 is 28.1 Å². The summed E-state index contributed by atoms with van der Waals surface area (Å²) in [5.74, 6) is 2.92. The Hall–Kier alpha value is -3.98. The van der Waals surface area contributed by atoms with Crippen molar-refractivity contribution in [3.8, 4) is 6.07 Å². The summed E-state index contributed by atoms with van der Waals surface area (Å²) in [5, 5.41) is 16.6. The van der Waals surface area contributed by atoms with Crippen LogP contribution in [-0.2, 0) is 0 Å². The lowest BCUT2D eigenvalue weighted by Gasteiger charge is -2.25. The molecule has 1 unspecified atom stereocenters. The standard InChI is InChI=1S/C26H24N6/c27-16-18-12-13-24(30-17-18)28-14-15-29-25-22-9-3-4-11-23(22)31-26(32-25)21-10-5-7-19-6-1-2-8-20(19)21/h2-5,8-13,17,19H,1,6-7,14-15H2,(H,28,30)(H,29,31,32). The molecule has 0 aliphatic heterocycles. The van der Waals surface area contributed by atoms with Crippen LogP contribution in [0.2, 0.25) is 0 Å². The summed E-state index contributed by atoms with van der Waals surface area (Å²) in [6.45, 7) is 1.34. The lowest BCUT2D eigenvalue weighted by atomic mass is 9.80. The van der Waals surface area contributed by atoms with Crippen LogP contribution < -0.4 is 10.6 Å². The number of nitriles is 1. The van der Waals surface area contributed by atoms with Crippen molar-refractivity contribution < 1.29 is 0 Å². The molecular weight excluding hydrogens is 396 g/mol. The van der Waals surface area contributed by atoms with Crippen molar-refractivity contribution in [1.29, 1.82) is 5.26 Å². The number of benzene rings is 1. The van der Waals surface area contributed by atoms with E-state index in [-0.39, 0.29) is 0 Å². The number of aromatic nitrogens is 3. The van der Waals surface area contributed by atoms with Gasteiger partial charge in [0.15, 0.2) is 5.82 Å². The lowest BCUT2D eigenvalue weighted by Crippen LogP contribution is -2.16. The zero-order valence-corrected chi connectivity index (χ0v) is 17.8. The second kappa shape index (κ2) is 9.03. The molecule has 0 amide bonds. The Morgan fingerprint density at radius 3 is 2.78 bits per heavy atom. The molecule has 1 atom stereocenters. The molecule has 0 saturated carbocycles. The Morgan fingerprint density at radius 2 is 1.91 bits per heavy atom. The topological polar surface area (TPSA) is 86.5 Å². The number of rotatable bonds is 6. The molecule has 6 nitrogen and oxygen atoms in total. The molecule has 1 aromatic carbocycles. The number of para-hydroxylation sites is 1. The smallest absolute Gasteiger partial charge is 0.162 e. The van der Waals surface area contributed by atoms with Crippen molar-refractivity contribution in [2.45, 2.75) is 19.3 Å². The molecule has 2 N–H and O–H groups in total. The first-order chi connectivity index (χ1) is 15.8. The number of fused-ring (bicyclic) bond motifs is 2. The van der Waals surface area contributed by atoms with E-state index in [0.717, 1.165) is 46.8 Å². The van der Waals surface area contributed by atoms with Crippen LogP contribution in [0.1, 0.15) is 30.7 Å². The van der Waals surface area contributed by atoms with Gasteiger partial charge in [0, 0.05) is 30.2 Å². The molecule has 5 rings (SSSR count). The number of allylic oxidation sites excluding steroid dienone is 6. The van der Waals surface area contributed by atoms with E-state index in [1.54, 1.807) is 12.3 Å². The van der Waals surface area contributed by atoms with Gasteiger partial charge in [0.25, 0.3) is 0 Å². The van der Waals surface area contributed by atoms with E-state index in [9.17, 15) is 0 Å². The average Bonchev–Trinajstić information content (AvgIpc) is 2.86. The minimum absolute atomic E-state index is 0.552. The highest BCUT2D eigenvalue weighted by Gasteiger charge is 2.22. The van der Waals surface area contributed by atoms with Gasteiger partial charge in [-0.1, -0.05) is 36.4 Å². The van der Waals surface area contributed by atoms with Gasteiger partial charge in [0.05, 0.1) is 11.1 Å². The van der Waals surface area contributed by atoms with Crippen LogP contribution in [0.4, 0.5) is 11.6 Å². The largest absolute Gasteiger partial charge is 0.368 e. The second-order valence-electron chi connectivity index (χ2n) is 7.99. The maximum Gasteiger partial charge on any atom is 0.162 e. The van der Waals surface area contributed by atoms with Gasteiger partial charge >= 0.3 is 0 Å². The SMILES string of the molecule is N#Cc1ccc(NCCNc2nc(C3=C4C=CCCC4CC=C3)nc3ccccc23)nc1. The van der Waals surface area contributed by atoms with Gasteiger partial charge < -0.3 is 10.6 Å². The fourth-order valence-electron chi connectivity index (χ4n) is 4.27. The molecule has 158 valence electrons. The van der Waals surface area contributed by atoms with E-state index in [1.807, 2.05) is 24.3 Å². The molecule has 2 aliphatic carbocycles. The first kappa shape index (κ1) is 20.0. The highest BCUT2D eigenvalue weighted by Crippen LogP contribution is 2.37. The lowest BCUT2D eigenvalue weighted by molar-refractivity contribution is 0.568. The average molecular weight is 421 g/mol. The van der Waals surface area contributed by atoms with Crippen molar-refractivity contribution in [3.63, 3.8) is 0 Å². The molecule has 0 fully saturated rings. The van der Waals surface area contributed by atoms with Crippen molar-refractivity contribution in [3.05, 3.63) is 83.9 Å². The van der Waals surface area contributed by atoms with E-state index in [4.69, 9.17) is 15.2 Å². The number of anilines is 2. The van der Waals surface area contributed by atoms with Gasteiger partial charge in [-0.25, -0.2) is 15.0 Å². The van der Waals surface area contributed by atoms with E-state index >= 15 is 0 Å². The quantitative estimate of drug-likeness (QED) is 0.540. The minimum atomic E-state index is 0.552. The van der Waals surface area contributed by atoms with Crippen LogP contribution in [0, 0.1) is 17.2 Å². The van der Waals surface area contributed by atoms with Gasteiger partial charge in [0.1, 0.15) is 17.7 Å². The fraction of sp³-hybridized carbons (Fsp3) is 0.231. The van der Waals surface area contributed by atoms with E-state index in [1.165, 1.54) is 12.0 Å². The van der Waals surface area contributed by atoms with Crippen LogP contribution >= 0.6 is 0 Å². The van der Waals surface area contributed by atoms with E-state index in [2.05, 4.69) is 52.1 Å². The zero-order valence-electron chi connectivity index (χ0n) is 17.8. The van der Waals surface area contributed by atoms with Crippen molar-refractivity contribution in [2.75, 3.05) is 23.7 Å². The van der Waals surface area contributed by atoms with Crippen LogP contribution in [0.15, 0.2) is 72.5 Å². The van der Waals surface area contributed by atoms with E-state index in [0.29, 0.717) is 24.6 Å². The molecule has 2 heterocycles. The Balaban J connectivity index is 1.38. The Kier molecular flexibility index (Phi) is 5.63. The van der Waals surface area contributed by atoms with Gasteiger partial charge in [-0.3, -0.25) is 0 Å². The third kappa shape index (κ3) is 4.10. The predicted octanol–water partition coefficient (Wildman–Crippen LogP) is 5.10. The summed E-state index contributed by atoms with van der Waals surface area (Å²) in [7, 11) is 0. The Labute approximate surface area is 187 Å². The fourth-order valence-corrected chi connectivity index (χ4v) is 4.27. The summed E-state index contributed by atoms with van der Waals surface area (Å²) >= 11 is 0. The molecule has 3 aromatic rings. The van der Waals surface area contributed by atoms with Crippen LogP contribution in [0.25, 0.3) is 16.5 Å². The summed E-state index contributed by atoms with van der Waals surface area (Å²) in [4.78, 5) is 14.1. The summed E-state index contributed by atoms with van der Waals surface area (Å²) in [5.41, 5.74) is 3.97. The summed E-state index contributed by atoms with van der Waals surface area (Å²) in [6.07, 6.45) is 13.9. The number of pyridine rings is 1. The maximum absolute atomic E-state index is 8.89. The van der Waals surface area contributed by atoms with Gasteiger partial charge in [-0.05, 0) is 55.0 Å². The van der Waals surface area contributed by atoms with Gasteiger partial charge in [0.2, 0.25) is 0 Å². The molecule has 2 aromatic heterocycles. The molecule has 2 aliphatic rings. The van der Waals surface area contributed by atoms with Crippen molar-refractivity contribution in [1.82, 2.24) is 15.0 Å². The normalized spacial score (nSPS) is 17.2. The zero-order chi connectivity index (χ0) is 21.8. The Bertz CT molecular complexity index is 1260. The number of nitrogens with zero attached hydrogens (tertiary/aromatic N) is 4. The predicted molar refractivity (Wildman–Crippen MR) is 128 cm³/mol.